The molecule has 0 bridgehead atoms. The average molecular weight is 437 g/mol. The first-order chi connectivity index (χ1) is 13.8. The van der Waals surface area contributed by atoms with Crippen molar-refractivity contribution in [2.45, 2.75) is 19.8 Å². The molecule has 1 heterocycles. The number of amides is 2. The van der Waals surface area contributed by atoms with Crippen LogP contribution in [0.15, 0.2) is 47.7 Å². The van der Waals surface area contributed by atoms with Gasteiger partial charge in [-0.05, 0) is 55.2 Å². The molecule has 0 radical (unpaired) electrons. The van der Waals surface area contributed by atoms with E-state index in [0.717, 1.165) is 10.5 Å². The number of hydrogen-bond acceptors (Lipinski definition) is 3. The Balaban J connectivity index is 1.57. The number of rotatable bonds is 6. The van der Waals surface area contributed by atoms with Crippen LogP contribution in [-0.2, 0) is 16.0 Å². The Morgan fingerprint density at radius 2 is 1.97 bits per heavy atom. The number of aryl methyl sites for hydroxylation is 2. The first-order valence-corrected chi connectivity index (χ1v) is 9.75. The minimum absolute atomic E-state index is 0.0227. The Hall–Kier alpha value is -2.57. The van der Waals surface area contributed by atoms with Crippen LogP contribution in [0.25, 0.3) is 0 Å². The third-order valence-electron chi connectivity index (χ3n) is 4.63. The molecule has 2 aromatic rings. The lowest BCUT2D eigenvalue weighted by Gasteiger charge is -2.17. The second-order valence-corrected chi connectivity index (χ2v) is 7.60. The maximum absolute atomic E-state index is 14.2. The highest BCUT2D eigenvalue weighted by Crippen LogP contribution is 2.28. The highest BCUT2D eigenvalue weighted by molar-refractivity contribution is 6.42. The zero-order valence-corrected chi connectivity index (χ0v) is 17.1. The maximum atomic E-state index is 14.2. The van der Waals surface area contributed by atoms with Crippen molar-refractivity contribution in [3.8, 4) is 0 Å². The summed E-state index contributed by atoms with van der Waals surface area (Å²) in [4.78, 5) is 25.7. The van der Waals surface area contributed by atoms with Gasteiger partial charge in [0, 0.05) is 6.54 Å². The fourth-order valence-electron chi connectivity index (χ4n) is 3.06. The first kappa shape index (κ1) is 21.1. The molecule has 0 unspecified atom stereocenters. The van der Waals surface area contributed by atoms with Crippen LogP contribution in [0.2, 0.25) is 10.0 Å². The summed E-state index contributed by atoms with van der Waals surface area (Å²) in [5.74, 6) is -2.60. The third kappa shape index (κ3) is 4.71. The lowest BCUT2D eigenvalue weighted by Crippen LogP contribution is -2.31. The minimum atomic E-state index is -0.797. The molecule has 0 fully saturated rings. The summed E-state index contributed by atoms with van der Waals surface area (Å²) in [5.41, 5.74) is 1.63. The van der Waals surface area contributed by atoms with E-state index < -0.39 is 23.4 Å². The summed E-state index contributed by atoms with van der Waals surface area (Å²) in [6.45, 7) is 1.87. The Kier molecular flexibility index (Phi) is 6.45. The van der Waals surface area contributed by atoms with Crippen LogP contribution in [0, 0.1) is 12.7 Å². The lowest BCUT2D eigenvalue weighted by molar-refractivity contribution is -0.119. The van der Waals surface area contributed by atoms with E-state index in [4.69, 9.17) is 23.2 Å². The van der Waals surface area contributed by atoms with E-state index in [2.05, 4.69) is 5.32 Å². The number of carbonyl (C=O) groups is 2. The van der Waals surface area contributed by atoms with Crippen molar-refractivity contribution in [1.82, 2.24) is 5.32 Å². The molecule has 0 saturated carbocycles. The van der Waals surface area contributed by atoms with Crippen molar-refractivity contribution < 1.29 is 19.1 Å². The largest absolute Gasteiger partial charge is 0.503 e. The highest BCUT2D eigenvalue weighted by Gasteiger charge is 2.35. The number of nitrogens with one attached hydrogen (secondary N) is 1. The number of anilines is 1. The van der Waals surface area contributed by atoms with Gasteiger partial charge in [-0.15, -0.1) is 0 Å². The zero-order valence-electron chi connectivity index (χ0n) is 15.6. The molecular weight excluding hydrogens is 418 g/mol. The molecule has 0 atom stereocenters. The summed E-state index contributed by atoms with van der Waals surface area (Å²) >= 11 is 11.9. The summed E-state index contributed by atoms with van der Waals surface area (Å²) in [5, 5.41) is 13.7. The predicted molar refractivity (Wildman–Crippen MR) is 111 cm³/mol. The number of aliphatic hydroxyl groups excluding tert-OH is 1. The third-order valence-corrected chi connectivity index (χ3v) is 5.37. The number of carbonyl (C=O) groups excluding carboxylic acids is 2. The second kappa shape index (κ2) is 8.84. The molecule has 2 aromatic carbocycles. The monoisotopic (exact) mass is 436 g/mol. The van der Waals surface area contributed by atoms with Gasteiger partial charge in [0.2, 0.25) is 0 Å². The molecule has 5 nitrogen and oxygen atoms in total. The number of benzene rings is 2. The topological polar surface area (TPSA) is 69.6 Å². The van der Waals surface area contributed by atoms with Crippen molar-refractivity contribution >= 4 is 40.7 Å². The Morgan fingerprint density at radius 1 is 1.21 bits per heavy atom. The van der Waals surface area contributed by atoms with Crippen LogP contribution < -0.4 is 10.2 Å². The van der Waals surface area contributed by atoms with Crippen LogP contribution >= 0.6 is 23.2 Å². The Bertz CT molecular complexity index is 1010. The number of halogens is 3. The highest BCUT2D eigenvalue weighted by atomic mass is 35.5. The molecule has 29 heavy (non-hydrogen) atoms. The lowest BCUT2D eigenvalue weighted by atomic mass is 10.1. The Labute approximate surface area is 177 Å². The summed E-state index contributed by atoms with van der Waals surface area (Å²) in [6.07, 6.45) is 1.30. The van der Waals surface area contributed by atoms with E-state index in [1.54, 1.807) is 25.1 Å². The molecule has 152 valence electrons. The van der Waals surface area contributed by atoms with E-state index >= 15 is 0 Å². The molecule has 0 spiro atoms. The summed E-state index contributed by atoms with van der Waals surface area (Å²) in [7, 11) is 0. The fourth-order valence-corrected chi connectivity index (χ4v) is 3.38. The van der Waals surface area contributed by atoms with E-state index in [-0.39, 0.29) is 17.8 Å². The molecular formula is C21H19Cl2FN2O3. The maximum Gasteiger partial charge on any atom is 0.294 e. The van der Waals surface area contributed by atoms with Crippen molar-refractivity contribution in [2.24, 2.45) is 0 Å². The van der Waals surface area contributed by atoms with Gasteiger partial charge in [-0.1, -0.05) is 35.3 Å². The van der Waals surface area contributed by atoms with Gasteiger partial charge in [0.1, 0.15) is 5.82 Å². The van der Waals surface area contributed by atoms with Gasteiger partial charge in [0.15, 0.2) is 5.76 Å². The fraction of sp³-hybridized carbons (Fsp3) is 0.238. The number of nitrogens with zero attached hydrogens (tertiary/aromatic N) is 1. The van der Waals surface area contributed by atoms with Gasteiger partial charge in [0.25, 0.3) is 11.8 Å². The predicted octanol–water partition coefficient (Wildman–Crippen LogP) is 4.35. The minimum Gasteiger partial charge on any atom is -0.503 e. The molecule has 0 saturated heterocycles. The molecule has 0 aromatic heterocycles. The van der Waals surface area contributed by atoms with Crippen LogP contribution in [0.3, 0.4) is 0 Å². The smallest absolute Gasteiger partial charge is 0.294 e. The quantitative estimate of drug-likeness (QED) is 0.661. The van der Waals surface area contributed by atoms with E-state index in [1.165, 1.54) is 12.1 Å². The van der Waals surface area contributed by atoms with Gasteiger partial charge < -0.3 is 10.4 Å². The summed E-state index contributed by atoms with van der Waals surface area (Å²) < 4.78 is 14.2. The van der Waals surface area contributed by atoms with Crippen molar-refractivity contribution in [1.29, 1.82) is 0 Å². The van der Waals surface area contributed by atoms with Gasteiger partial charge in [0.05, 0.1) is 27.9 Å². The molecule has 3 rings (SSSR count). The van der Waals surface area contributed by atoms with Crippen LogP contribution in [-0.4, -0.2) is 30.0 Å². The number of aliphatic hydroxyl groups is 1. The molecule has 2 N–H and O–H groups in total. The number of hydrogen-bond donors (Lipinski definition) is 2. The van der Waals surface area contributed by atoms with Gasteiger partial charge in [-0.2, -0.15) is 0 Å². The first-order valence-electron chi connectivity index (χ1n) is 9.00. The van der Waals surface area contributed by atoms with Crippen LogP contribution in [0.5, 0.6) is 0 Å². The molecule has 0 aliphatic carbocycles. The summed E-state index contributed by atoms with van der Waals surface area (Å²) in [6, 6.07) is 9.74. The van der Waals surface area contributed by atoms with E-state index in [0.29, 0.717) is 35.0 Å². The normalized spacial score (nSPS) is 13.9. The molecule has 2 amide bonds. The molecule has 8 heteroatoms. The van der Waals surface area contributed by atoms with E-state index in [9.17, 15) is 19.1 Å². The molecule has 1 aliphatic heterocycles. The van der Waals surface area contributed by atoms with Crippen molar-refractivity contribution in [3.05, 3.63) is 74.7 Å². The van der Waals surface area contributed by atoms with Crippen LogP contribution in [0.1, 0.15) is 17.5 Å². The van der Waals surface area contributed by atoms with Gasteiger partial charge in [-0.25, -0.2) is 4.39 Å². The second-order valence-electron chi connectivity index (χ2n) is 6.78. The van der Waals surface area contributed by atoms with Gasteiger partial charge in [-0.3, -0.25) is 14.5 Å². The average Bonchev–Trinajstić information content (AvgIpc) is 2.97. The SMILES string of the molecule is Cc1ccc(N2CC(C(=O)NCCCc3ccc(Cl)c(Cl)c3)=C(O)C2=O)c(F)c1. The van der Waals surface area contributed by atoms with Crippen molar-refractivity contribution in [3.63, 3.8) is 0 Å². The zero-order chi connectivity index (χ0) is 21.1. The Morgan fingerprint density at radius 3 is 2.66 bits per heavy atom. The van der Waals surface area contributed by atoms with Crippen LogP contribution in [0.4, 0.5) is 10.1 Å². The van der Waals surface area contributed by atoms with E-state index in [1.807, 2.05) is 6.07 Å². The van der Waals surface area contributed by atoms with Crippen molar-refractivity contribution in [2.75, 3.05) is 18.0 Å². The molecule has 1 aliphatic rings. The van der Waals surface area contributed by atoms with Gasteiger partial charge >= 0.3 is 0 Å². The standard InChI is InChI=1S/C21H19Cl2FN2O3/c1-12-4-7-18(17(24)9-12)26-11-14(19(27)21(26)29)20(28)25-8-2-3-13-5-6-15(22)16(23)10-13/h4-7,9-10,27H,2-3,8,11H2,1H3,(H,25,28).